The molecule has 23 heavy (non-hydrogen) atoms. The first-order valence-corrected chi connectivity index (χ1v) is 8.01. The molecule has 1 aromatic carbocycles. The van der Waals surface area contributed by atoms with Crippen LogP contribution >= 0.6 is 0 Å². The van der Waals surface area contributed by atoms with Gasteiger partial charge in [0, 0.05) is 38.3 Å². The van der Waals surface area contributed by atoms with E-state index in [2.05, 4.69) is 20.5 Å². The van der Waals surface area contributed by atoms with Gasteiger partial charge in [-0.15, -0.1) is 5.10 Å². The Bertz CT molecular complexity index is 683. The molecule has 6 nitrogen and oxygen atoms in total. The van der Waals surface area contributed by atoms with Gasteiger partial charge in [0.15, 0.2) is 0 Å². The van der Waals surface area contributed by atoms with E-state index in [1.54, 1.807) is 12.1 Å². The fourth-order valence-corrected chi connectivity index (χ4v) is 3.19. The van der Waals surface area contributed by atoms with Crippen LogP contribution in [0.3, 0.4) is 0 Å². The molecular formula is C16H20FN5O. The Morgan fingerprint density at radius 2 is 2.09 bits per heavy atom. The lowest BCUT2D eigenvalue weighted by Gasteiger charge is -2.28. The molecule has 7 heteroatoms. The number of nitrogens with zero attached hydrogens (tertiary/aromatic N) is 4. The van der Waals surface area contributed by atoms with Crippen molar-refractivity contribution in [1.82, 2.24) is 25.2 Å². The summed E-state index contributed by atoms with van der Waals surface area (Å²) < 4.78 is 21.7. The highest BCUT2D eigenvalue weighted by Gasteiger charge is 2.27. The first-order chi connectivity index (χ1) is 11.3. The number of rotatable bonds is 3. The minimum Gasteiger partial charge on any atom is -0.365 e. The second kappa shape index (κ2) is 6.35. The van der Waals surface area contributed by atoms with E-state index in [4.69, 9.17) is 4.74 Å². The molecule has 1 saturated heterocycles. The van der Waals surface area contributed by atoms with E-state index in [-0.39, 0.29) is 11.9 Å². The Morgan fingerprint density at radius 1 is 1.26 bits per heavy atom. The number of nitrogens with one attached hydrogen (secondary N) is 1. The van der Waals surface area contributed by atoms with E-state index >= 15 is 0 Å². The van der Waals surface area contributed by atoms with Gasteiger partial charge >= 0.3 is 0 Å². The minimum absolute atomic E-state index is 0.234. The molecule has 0 unspecified atom stereocenters. The van der Waals surface area contributed by atoms with E-state index in [9.17, 15) is 4.39 Å². The summed E-state index contributed by atoms with van der Waals surface area (Å²) in [6.45, 7) is 5.78. The van der Waals surface area contributed by atoms with Gasteiger partial charge in [0.05, 0.1) is 18.8 Å². The van der Waals surface area contributed by atoms with Crippen LogP contribution in [0.4, 0.5) is 4.39 Å². The smallest absolute Gasteiger partial charge is 0.129 e. The molecule has 3 heterocycles. The Balaban J connectivity index is 1.50. The maximum atomic E-state index is 13.9. The topological polar surface area (TPSA) is 55.2 Å². The van der Waals surface area contributed by atoms with Crippen LogP contribution in [-0.2, 0) is 24.4 Å². The number of hydrogen-bond acceptors (Lipinski definition) is 5. The van der Waals surface area contributed by atoms with Crippen LogP contribution in [0.25, 0.3) is 0 Å². The zero-order valence-corrected chi connectivity index (χ0v) is 12.9. The van der Waals surface area contributed by atoms with Crippen LogP contribution in [0.5, 0.6) is 0 Å². The third-order valence-corrected chi connectivity index (χ3v) is 4.51. The van der Waals surface area contributed by atoms with Gasteiger partial charge in [-0.05, 0) is 6.07 Å². The van der Waals surface area contributed by atoms with Gasteiger partial charge in [-0.3, -0.25) is 4.90 Å². The summed E-state index contributed by atoms with van der Waals surface area (Å²) in [6.07, 6.45) is -0.308. The Hall–Kier alpha value is -1.83. The van der Waals surface area contributed by atoms with Crippen molar-refractivity contribution in [3.05, 3.63) is 47.0 Å². The lowest BCUT2D eigenvalue weighted by molar-refractivity contribution is -0.00410. The van der Waals surface area contributed by atoms with Crippen molar-refractivity contribution in [3.63, 3.8) is 0 Å². The average Bonchev–Trinajstić information content (AvgIpc) is 2.98. The Kier molecular flexibility index (Phi) is 4.07. The van der Waals surface area contributed by atoms with E-state index in [1.807, 2.05) is 10.7 Å². The highest BCUT2D eigenvalue weighted by atomic mass is 19.1. The van der Waals surface area contributed by atoms with E-state index < -0.39 is 0 Å². The van der Waals surface area contributed by atoms with Crippen molar-refractivity contribution in [2.75, 3.05) is 26.2 Å². The first-order valence-electron chi connectivity index (χ1n) is 8.01. The third-order valence-electron chi connectivity index (χ3n) is 4.51. The molecular weight excluding hydrogens is 297 g/mol. The summed E-state index contributed by atoms with van der Waals surface area (Å²) in [6, 6.07) is 6.75. The summed E-state index contributed by atoms with van der Waals surface area (Å²) in [7, 11) is 0. The SMILES string of the molecule is Fc1ccccc1[C@H]1Cn2nnc(CN3CCNCC3)c2CO1. The minimum atomic E-state index is -0.308. The summed E-state index contributed by atoms with van der Waals surface area (Å²) in [5, 5.41) is 11.9. The van der Waals surface area contributed by atoms with Crippen LogP contribution in [0, 0.1) is 5.82 Å². The highest BCUT2D eigenvalue weighted by molar-refractivity contribution is 5.21. The zero-order valence-electron chi connectivity index (χ0n) is 12.9. The molecule has 0 spiro atoms. The molecule has 0 bridgehead atoms. The predicted octanol–water partition coefficient (Wildman–Crippen LogP) is 1.09. The number of halogens is 1. The van der Waals surface area contributed by atoms with Gasteiger partial charge in [0.25, 0.3) is 0 Å². The van der Waals surface area contributed by atoms with Crippen molar-refractivity contribution in [2.45, 2.75) is 25.8 Å². The monoisotopic (exact) mass is 317 g/mol. The number of aromatic nitrogens is 3. The maximum Gasteiger partial charge on any atom is 0.129 e. The van der Waals surface area contributed by atoms with Crippen molar-refractivity contribution in [3.8, 4) is 0 Å². The molecule has 1 atom stereocenters. The maximum absolute atomic E-state index is 13.9. The number of benzene rings is 1. The average molecular weight is 317 g/mol. The van der Waals surface area contributed by atoms with Crippen LogP contribution in [0.1, 0.15) is 23.1 Å². The van der Waals surface area contributed by atoms with Crippen molar-refractivity contribution >= 4 is 0 Å². The van der Waals surface area contributed by atoms with Gasteiger partial charge < -0.3 is 10.1 Å². The molecule has 0 aliphatic carbocycles. The number of hydrogen-bond donors (Lipinski definition) is 1. The molecule has 1 N–H and O–H groups in total. The van der Waals surface area contributed by atoms with Crippen LogP contribution in [-0.4, -0.2) is 46.1 Å². The standard InChI is InChI=1S/C16H20FN5O/c17-13-4-2-1-3-12(13)16-10-22-15(11-23-16)14(19-20-22)9-21-7-5-18-6-8-21/h1-4,16,18H,5-11H2/t16-/m1/s1. The summed E-state index contributed by atoms with van der Waals surface area (Å²) >= 11 is 0. The molecule has 4 rings (SSSR count). The molecule has 1 aromatic heterocycles. The Morgan fingerprint density at radius 3 is 2.91 bits per heavy atom. The molecule has 0 amide bonds. The second-order valence-electron chi connectivity index (χ2n) is 6.01. The van der Waals surface area contributed by atoms with Crippen molar-refractivity contribution < 1.29 is 9.13 Å². The van der Waals surface area contributed by atoms with Gasteiger partial charge in [-0.25, -0.2) is 9.07 Å². The largest absolute Gasteiger partial charge is 0.365 e. The quantitative estimate of drug-likeness (QED) is 0.918. The van der Waals surface area contributed by atoms with E-state index in [1.165, 1.54) is 6.07 Å². The first kappa shape index (κ1) is 14.7. The second-order valence-corrected chi connectivity index (χ2v) is 6.01. The third kappa shape index (κ3) is 2.99. The van der Waals surface area contributed by atoms with Crippen molar-refractivity contribution in [2.24, 2.45) is 0 Å². The molecule has 2 aromatic rings. The van der Waals surface area contributed by atoms with Crippen LogP contribution in [0.2, 0.25) is 0 Å². The highest BCUT2D eigenvalue weighted by Crippen LogP contribution is 2.28. The Labute approximate surface area is 134 Å². The van der Waals surface area contributed by atoms with Crippen molar-refractivity contribution in [1.29, 1.82) is 0 Å². The normalized spacial score (nSPS) is 22.0. The molecule has 0 radical (unpaired) electrons. The fraction of sp³-hybridized carbons (Fsp3) is 0.500. The van der Waals surface area contributed by atoms with E-state index in [0.29, 0.717) is 18.7 Å². The molecule has 2 aliphatic rings. The summed E-state index contributed by atoms with van der Waals surface area (Å²) in [5.41, 5.74) is 2.56. The van der Waals surface area contributed by atoms with Crippen LogP contribution < -0.4 is 5.32 Å². The summed E-state index contributed by atoms with van der Waals surface area (Å²) in [4.78, 5) is 2.37. The number of ether oxygens (including phenoxy) is 1. The summed E-state index contributed by atoms with van der Waals surface area (Å²) in [5.74, 6) is -0.234. The lowest BCUT2D eigenvalue weighted by atomic mass is 10.1. The number of piperazine rings is 1. The van der Waals surface area contributed by atoms with Crippen LogP contribution in [0.15, 0.2) is 24.3 Å². The number of fused-ring (bicyclic) bond motifs is 1. The molecule has 2 aliphatic heterocycles. The van der Waals surface area contributed by atoms with Gasteiger partial charge in [-0.2, -0.15) is 0 Å². The van der Waals surface area contributed by atoms with E-state index in [0.717, 1.165) is 44.1 Å². The predicted molar refractivity (Wildman–Crippen MR) is 82.1 cm³/mol. The van der Waals surface area contributed by atoms with Gasteiger partial charge in [0.1, 0.15) is 17.6 Å². The lowest BCUT2D eigenvalue weighted by Crippen LogP contribution is -2.43. The zero-order chi connectivity index (χ0) is 15.6. The molecule has 1 fully saturated rings. The van der Waals surface area contributed by atoms with Gasteiger partial charge in [-0.1, -0.05) is 23.4 Å². The van der Waals surface area contributed by atoms with Gasteiger partial charge in [0.2, 0.25) is 0 Å². The molecule has 0 saturated carbocycles. The molecule has 122 valence electrons. The fourth-order valence-electron chi connectivity index (χ4n) is 3.19.